The molecule has 104 valence electrons. The maximum Gasteiger partial charge on any atom is 0.189 e. The predicted octanol–water partition coefficient (Wildman–Crippen LogP) is 2.04. The Morgan fingerprint density at radius 2 is 2.22 bits per heavy atom. The smallest absolute Gasteiger partial charge is 0.189 e. The van der Waals surface area contributed by atoms with E-state index in [2.05, 4.69) is 31.1 Å². The van der Waals surface area contributed by atoms with Gasteiger partial charge in [0.15, 0.2) is 5.96 Å². The fraction of sp³-hybridized carbons (Fsp3) is 0.929. The van der Waals surface area contributed by atoms with Crippen molar-refractivity contribution >= 4 is 5.96 Å². The number of hydrogen-bond acceptors (Lipinski definition) is 2. The SMILES string of the molecule is CCOC1CC(N=C(N)NC(C)CC)C12CCC2. The molecule has 0 saturated heterocycles. The number of nitrogens with two attached hydrogens (primary N) is 1. The number of ether oxygens (including phenoxy) is 1. The van der Waals surface area contributed by atoms with Gasteiger partial charge >= 0.3 is 0 Å². The third kappa shape index (κ3) is 2.35. The van der Waals surface area contributed by atoms with Crippen LogP contribution in [0.25, 0.3) is 0 Å². The standard InChI is InChI=1S/C14H27N3O/c1-4-10(3)16-13(15)17-11-9-12(18-5-2)14(11)7-6-8-14/h10-12H,4-9H2,1-3H3,(H3,15,16,17). The molecule has 0 heterocycles. The van der Waals surface area contributed by atoms with Crippen LogP contribution in [0.15, 0.2) is 4.99 Å². The number of aliphatic imine (C=N–C) groups is 1. The summed E-state index contributed by atoms with van der Waals surface area (Å²) in [6, 6.07) is 0.771. The molecule has 0 radical (unpaired) electrons. The summed E-state index contributed by atoms with van der Waals surface area (Å²) < 4.78 is 5.82. The highest BCUT2D eigenvalue weighted by atomic mass is 16.5. The molecule has 2 rings (SSSR count). The van der Waals surface area contributed by atoms with Crippen LogP contribution in [-0.2, 0) is 4.74 Å². The highest BCUT2D eigenvalue weighted by molar-refractivity contribution is 5.78. The molecular formula is C14H27N3O. The van der Waals surface area contributed by atoms with Crippen LogP contribution in [0.5, 0.6) is 0 Å². The molecule has 2 aliphatic rings. The molecular weight excluding hydrogens is 226 g/mol. The summed E-state index contributed by atoms with van der Waals surface area (Å²) in [5, 5.41) is 3.25. The Bertz CT molecular complexity index is 312. The average molecular weight is 253 g/mol. The second-order valence-electron chi connectivity index (χ2n) is 5.75. The second-order valence-corrected chi connectivity index (χ2v) is 5.75. The van der Waals surface area contributed by atoms with Crippen LogP contribution in [0.2, 0.25) is 0 Å². The van der Waals surface area contributed by atoms with Gasteiger partial charge in [-0.15, -0.1) is 0 Å². The van der Waals surface area contributed by atoms with E-state index in [1.165, 1.54) is 19.3 Å². The van der Waals surface area contributed by atoms with Gasteiger partial charge in [0.1, 0.15) is 0 Å². The molecule has 0 amide bonds. The van der Waals surface area contributed by atoms with Gasteiger partial charge in [-0.1, -0.05) is 13.3 Å². The Labute approximate surface area is 110 Å². The average Bonchev–Trinajstić information content (AvgIpc) is 2.25. The molecule has 0 bridgehead atoms. The quantitative estimate of drug-likeness (QED) is 0.582. The Hall–Kier alpha value is -0.770. The van der Waals surface area contributed by atoms with Crippen LogP contribution in [0.3, 0.4) is 0 Å². The van der Waals surface area contributed by atoms with Gasteiger partial charge in [-0.2, -0.15) is 0 Å². The van der Waals surface area contributed by atoms with Gasteiger partial charge in [0.2, 0.25) is 0 Å². The molecule has 1 spiro atoms. The lowest BCUT2D eigenvalue weighted by molar-refractivity contribution is -0.162. The molecule has 3 N–H and O–H groups in total. The summed E-state index contributed by atoms with van der Waals surface area (Å²) in [5.74, 6) is 0.607. The first-order chi connectivity index (χ1) is 8.62. The van der Waals surface area contributed by atoms with E-state index in [0.29, 0.717) is 29.6 Å². The van der Waals surface area contributed by atoms with Crippen molar-refractivity contribution in [2.45, 2.75) is 71.1 Å². The first-order valence-corrected chi connectivity index (χ1v) is 7.33. The summed E-state index contributed by atoms with van der Waals surface area (Å²) in [4.78, 5) is 4.68. The van der Waals surface area contributed by atoms with E-state index >= 15 is 0 Å². The molecule has 0 aliphatic heterocycles. The zero-order valence-corrected chi connectivity index (χ0v) is 11.9. The lowest BCUT2D eigenvalue weighted by atomic mass is 9.51. The Balaban J connectivity index is 1.92. The minimum atomic E-state index is 0.317. The molecule has 18 heavy (non-hydrogen) atoms. The lowest BCUT2D eigenvalue weighted by Gasteiger charge is -2.59. The van der Waals surface area contributed by atoms with E-state index in [4.69, 9.17) is 10.5 Å². The fourth-order valence-corrected chi connectivity index (χ4v) is 3.14. The van der Waals surface area contributed by atoms with Crippen molar-refractivity contribution in [3.63, 3.8) is 0 Å². The van der Waals surface area contributed by atoms with Crippen molar-refractivity contribution in [3.8, 4) is 0 Å². The van der Waals surface area contributed by atoms with Gasteiger partial charge in [0, 0.05) is 18.1 Å². The summed E-state index contributed by atoms with van der Waals surface area (Å²) in [6.45, 7) is 7.16. The van der Waals surface area contributed by atoms with Crippen LogP contribution in [0, 0.1) is 5.41 Å². The third-order valence-electron chi connectivity index (χ3n) is 4.70. The first-order valence-electron chi connectivity index (χ1n) is 7.33. The van der Waals surface area contributed by atoms with Crippen molar-refractivity contribution in [1.82, 2.24) is 5.32 Å². The molecule has 2 saturated carbocycles. The van der Waals surface area contributed by atoms with Crippen LogP contribution in [0.4, 0.5) is 0 Å². The Morgan fingerprint density at radius 1 is 1.50 bits per heavy atom. The topological polar surface area (TPSA) is 59.6 Å². The highest BCUT2D eigenvalue weighted by Crippen LogP contribution is 2.58. The van der Waals surface area contributed by atoms with E-state index in [1.54, 1.807) is 0 Å². The van der Waals surface area contributed by atoms with Crippen molar-refractivity contribution in [1.29, 1.82) is 0 Å². The number of nitrogens with one attached hydrogen (secondary N) is 1. The number of guanidine groups is 1. The lowest BCUT2D eigenvalue weighted by Crippen LogP contribution is -2.62. The molecule has 2 aliphatic carbocycles. The first kappa shape index (κ1) is 13.7. The van der Waals surface area contributed by atoms with Crippen LogP contribution < -0.4 is 11.1 Å². The predicted molar refractivity (Wildman–Crippen MR) is 74.6 cm³/mol. The number of nitrogens with zero attached hydrogens (tertiary/aromatic N) is 1. The molecule has 0 aromatic rings. The Morgan fingerprint density at radius 3 is 2.72 bits per heavy atom. The van der Waals surface area contributed by atoms with Gasteiger partial charge in [0.25, 0.3) is 0 Å². The van der Waals surface area contributed by atoms with E-state index in [9.17, 15) is 0 Å². The van der Waals surface area contributed by atoms with Gasteiger partial charge in [0.05, 0.1) is 12.1 Å². The van der Waals surface area contributed by atoms with Crippen molar-refractivity contribution < 1.29 is 4.74 Å². The van der Waals surface area contributed by atoms with Crippen molar-refractivity contribution in [3.05, 3.63) is 0 Å². The van der Waals surface area contributed by atoms with Crippen LogP contribution in [-0.4, -0.2) is 30.8 Å². The minimum Gasteiger partial charge on any atom is -0.378 e. The van der Waals surface area contributed by atoms with Crippen molar-refractivity contribution in [2.75, 3.05) is 6.61 Å². The van der Waals surface area contributed by atoms with E-state index in [-0.39, 0.29) is 0 Å². The van der Waals surface area contributed by atoms with Gasteiger partial charge in [-0.25, -0.2) is 4.99 Å². The zero-order valence-electron chi connectivity index (χ0n) is 11.9. The third-order valence-corrected chi connectivity index (χ3v) is 4.70. The van der Waals surface area contributed by atoms with Gasteiger partial charge in [-0.3, -0.25) is 0 Å². The van der Waals surface area contributed by atoms with E-state index in [0.717, 1.165) is 19.4 Å². The largest absolute Gasteiger partial charge is 0.378 e. The molecule has 4 heteroatoms. The van der Waals surface area contributed by atoms with E-state index < -0.39 is 0 Å². The Kier molecular flexibility index (Phi) is 4.15. The maximum absolute atomic E-state index is 5.98. The molecule has 3 unspecified atom stereocenters. The minimum absolute atomic E-state index is 0.317. The molecule has 4 nitrogen and oxygen atoms in total. The van der Waals surface area contributed by atoms with Gasteiger partial charge < -0.3 is 15.8 Å². The molecule has 3 atom stereocenters. The molecule has 0 aromatic carbocycles. The van der Waals surface area contributed by atoms with Crippen molar-refractivity contribution in [2.24, 2.45) is 16.1 Å². The zero-order chi connectivity index (χ0) is 13.2. The number of rotatable bonds is 5. The normalized spacial score (nSPS) is 31.6. The van der Waals surface area contributed by atoms with Gasteiger partial charge in [-0.05, 0) is 39.5 Å². The highest BCUT2D eigenvalue weighted by Gasteiger charge is 2.59. The molecule has 0 aromatic heterocycles. The summed E-state index contributed by atoms with van der Waals surface area (Å²) >= 11 is 0. The monoisotopic (exact) mass is 253 g/mol. The summed E-state index contributed by atoms with van der Waals surface area (Å²) in [5.41, 5.74) is 6.30. The summed E-state index contributed by atoms with van der Waals surface area (Å²) in [7, 11) is 0. The van der Waals surface area contributed by atoms with Crippen LogP contribution >= 0.6 is 0 Å². The fourth-order valence-electron chi connectivity index (χ4n) is 3.14. The van der Waals surface area contributed by atoms with E-state index in [1.807, 2.05) is 0 Å². The van der Waals surface area contributed by atoms with Crippen LogP contribution in [0.1, 0.15) is 52.9 Å². The maximum atomic E-state index is 5.98. The number of hydrogen-bond donors (Lipinski definition) is 2. The summed E-state index contributed by atoms with van der Waals surface area (Å²) in [6.07, 6.45) is 6.34. The molecule has 2 fully saturated rings. The second kappa shape index (κ2) is 5.47.